The van der Waals surface area contributed by atoms with Crippen molar-refractivity contribution in [1.82, 2.24) is 0 Å². The SMILES string of the molecule is CCCCCCC1CCC(c2ccc(OC(F)=C(F)F)cc2)(C2CCCCC2)CC1. The molecule has 3 rings (SSSR count). The Morgan fingerprint density at radius 2 is 1.57 bits per heavy atom. The van der Waals surface area contributed by atoms with Gasteiger partial charge in [0.05, 0.1) is 0 Å². The highest BCUT2D eigenvalue weighted by atomic mass is 19.3. The fourth-order valence-electron chi connectivity index (χ4n) is 5.93. The molecule has 0 amide bonds. The van der Waals surface area contributed by atoms with Crippen molar-refractivity contribution in [3.05, 3.63) is 41.9 Å². The van der Waals surface area contributed by atoms with E-state index in [4.69, 9.17) is 0 Å². The van der Waals surface area contributed by atoms with Crippen LogP contribution in [0.4, 0.5) is 13.2 Å². The van der Waals surface area contributed by atoms with Crippen LogP contribution in [0.2, 0.25) is 0 Å². The molecule has 4 heteroatoms. The molecule has 2 aliphatic carbocycles. The molecule has 2 aliphatic rings. The van der Waals surface area contributed by atoms with E-state index in [0.717, 1.165) is 5.92 Å². The molecule has 0 N–H and O–H groups in total. The highest BCUT2D eigenvalue weighted by Crippen LogP contribution is 2.52. The van der Waals surface area contributed by atoms with Crippen molar-refractivity contribution in [1.29, 1.82) is 0 Å². The predicted molar refractivity (Wildman–Crippen MR) is 116 cm³/mol. The number of hydrogen-bond donors (Lipinski definition) is 0. The average Bonchev–Trinajstić information content (AvgIpc) is 2.78. The van der Waals surface area contributed by atoms with Crippen LogP contribution in [-0.2, 0) is 5.41 Å². The van der Waals surface area contributed by atoms with Crippen LogP contribution in [0.5, 0.6) is 5.75 Å². The van der Waals surface area contributed by atoms with Gasteiger partial charge in [0, 0.05) is 0 Å². The summed E-state index contributed by atoms with van der Waals surface area (Å²) in [4.78, 5) is 0. The minimum absolute atomic E-state index is 0.132. The molecule has 0 aromatic heterocycles. The third kappa shape index (κ3) is 5.82. The molecule has 0 bridgehead atoms. The van der Waals surface area contributed by atoms with E-state index in [1.807, 2.05) is 12.1 Å². The lowest BCUT2D eigenvalue weighted by atomic mass is 9.57. The van der Waals surface area contributed by atoms with Crippen LogP contribution in [0.15, 0.2) is 36.4 Å². The minimum atomic E-state index is -2.42. The van der Waals surface area contributed by atoms with E-state index in [0.29, 0.717) is 5.92 Å². The number of unbranched alkanes of at least 4 members (excludes halogenated alkanes) is 3. The van der Waals surface area contributed by atoms with Gasteiger partial charge in [-0.3, -0.25) is 0 Å². The molecule has 1 nitrogen and oxygen atoms in total. The molecular weight excluding hydrogens is 385 g/mol. The van der Waals surface area contributed by atoms with E-state index in [1.165, 1.54) is 95.5 Å². The van der Waals surface area contributed by atoms with Gasteiger partial charge in [-0.15, -0.1) is 0 Å². The summed E-state index contributed by atoms with van der Waals surface area (Å²) in [5.41, 5.74) is 1.47. The summed E-state index contributed by atoms with van der Waals surface area (Å²) in [7, 11) is 0. The Balaban J connectivity index is 1.71. The third-order valence-electron chi connectivity index (χ3n) is 7.64. The lowest BCUT2D eigenvalue weighted by Gasteiger charge is -2.48. The van der Waals surface area contributed by atoms with Crippen LogP contribution in [0, 0.1) is 11.8 Å². The Morgan fingerprint density at radius 1 is 0.900 bits per heavy atom. The molecule has 0 radical (unpaired) electrons. The lowest BCUT2D eigenvalue weighted by Crippen LogP contribution is -2.40. The zero-order chi connectivity index (χ0) is 21.4. The van der Waals surface area contributed by atoms with Gasteiger partial charge in [0.2, 0.25) is 0 Å². The van der Waals surface area contributed by atoms with Crippen molar-refractivity contribution in [3.63, 3.8) is 0 Å². The Kier molecular flexibility index (Phi) is 8.71. The molecule has 0 spiro atoms. The summed E-state index contributed by atoms with van der Waals surface area (Å²) in [6, 6.07) is 5.48. The summed E-state index contributed by atoms with van der Waals surface area (Å²) >= 11 is 0. The second-order valence-electron chi connectivity index (χ2n) is 9.44. The van der Waals surface area contributed by atoms with Gasteiger partial charge in [-0.1, -0.05) is 70.4 Å². The van der Waals surface area contributed by atoms with Gasteiger partial charge in [0.25, 0.3) is 0 Å². The fourth-order valence-corrected chi connectivity index (χ4v) is 5.93. The smallest absolute Gasteiger partial charge is 0.344 e. The van der Waals surface area contributed by atoms with Gasteiger partial charge >= 0.3 is 12.1 Å². The Morgan fingerprint density at radius 3 is 2.17 bits per heavy atom. The first-order chi connectivity index (χ1) is 14.5. The molecule has 168 valence electrons. The van der Waals surface area contributed by atoms with Gasteiger partial charge in [0.1, 0.15) is 5.75 Å². The summed E-state index contributed by atoms with van der Waals surface area (Å²) in [6.07, 6.45) is 15.8. The van der Waals surface area contributed by atoms with E-state index >= 15 is 0 Å². The monoisotopic (exact) mass is 422 g/mol. The van der Waals surface area contributed by atoms with Crippen LogP contribution in [0.25, 0.3) is 0 Å². The standard InChI is InChI=1S/C26H37F3O/c1-2-3-4-6-9-20-16-18-26(19-17-20,21-10-7-5-8-11-21)22-12-14-23(15-13-22)30-25(29)24(27)28/h12-15,20-21H,2-11,16-19H2,1H3. The first-order valence-corrected chi connectivity index (χ1v) is 12.0. The van der Waals surface area contributed by atoms with Gasteiger partial charge < -0.3 is 4.74 Å². The van der Waals surface area contributed by atoms with Crippen molar-refractivity contribution in [2.75, 3.05) is 0 Å². The van der Waals surface area contributed by atoms with Crippen molar-refractivity contribution in [3.8, 4) is 5.75 Å². The van der Waals surface area contributed by atoms with Crippen molar-refractivity contribution in [2.24, 2.45) is 11.8 Å². The van der Waals surface area contributed by atoms with Crippen molar-refractivity contribution in [2.45, 2.75) is 102 Å². The highest BCUT2D eigenvalue weighted by molar-refractivity contribution is 5.34. The number of ether oxygens (including phenoxy) is 1. The Hall–Kier alpha value is -1.45. The molecule has 0 unspecified atom stereocenters. The second kappa shape index (κ2) is 11.2. The minimum Gasteiger partial charge on any atom is -0.428 e. The summed E-state index contributed by atoms with van der Waals surface area (Å²) < 4.78 is 42.4. The molecule has 0 saturated heterocycles. The number of hydrogen-bond acceptors (Lipinski definition) is 1. The molecule has 2 saturated carbocycles. The third-order valence-corrected chi connectivity index (χ3v) is 7.64. The molecule has 0 heterocycles. The van der Waals surface area contributed by atoms with Crippen LogP contribution in [0.3, 0.4) is 0 Å². The summed E-state index contributed by atoms with van der Waals surface area (Å²) in [6.45, 7) is 2.26. The summed E-state index contributed by atoms with van der Waals surface area (Å²) in [5.74, 6) is 1.67. The van der Waals surface area contributed by atoms with Crippen molar-refractivity contribution >= 4 is 0 Å². The van der Waals surface area contributed by atoms with Gasteiger partial charge in [0.15, 0.2) is 0 Å². The average molecular weight is 423 g/mol. The van der Waals surface area contributed by atoms with E-state index in [1.54, 1.807) is 12.1 Å². The van der Waals surface area contributed by atoms with Crippen molar-refractivity contribution < 1.29 is 17.9 Å². The maximum absolute atomic E-state index is 13.1. The van der Waals surface area contributed by atoms with E-state index in [2.05, 4.69) is 11.7 Å². The van der Waals surface area contributed by atoms with Crippen LogP contribution < -0.4 is 4.74 Å². The lowest BCUT2D eigenvalue weighted by molar-refractivity contribution is 0.120. The number of benzene rings is 1. The molecule has 1 aromatic rings. The zero-order valence-electron chi connectivity index (χ0n) is 18.4. The predicted octanol–water partition coefficient (Wildman–Crippen LogP) is 9.08. The largest absolute Gasteiger partial charge is 0.428 e. The van der Waals surface area contributed by atoms with Gasteiger partial charge in [-0.25, -0.2) is 0 Å². The quantitative estimate of drug-likeness (QED) is 0.285. The normalized spacial score (nSPS) is 25.1. The second-order valence-corrected chi connectivity index (χ2v) is 9.44. The highest BCUT2D eigenvalue weighted by Gasteiger charge is 2.43. The first-order valence-electron chi connectivity index (χ1n) is 12.0. The van der Waals surface area contributed by atoms with E-state index < -0.39 is 12.1 Å². The molecule has 0 atom stereocenters. The van der Waals surface area contributed by atoms with Crippen LogP contribution in [0.1, 0.15) is 102 Å². The van der Waals surface area contributed by atoms with Gasteiger partial charge in [-0.05, 0) is 73.5 Å². The zero-order valence-corrected chi connectivity index (χ0v) is 18.4. The van der Waals surface area contributed by atoms with E-state index in [9.17, 15) is 13.2 Å². The molecule has 0 aliphatic heterocycles. The maximum Gasteiger partial charge on any atom is 0.344 e. The molecule has 30 heavy (non-hydrogen) atoms. The number of rotatable bonds is 9. The molecular formula is C26H37F3O. The maximum atomic E-state index is 13.1. The fraction of sp³-hybridized carbons (Fsp3) is 0.692. The number of halogens is 3. The van der Waals surface area contributed by atoms with Crippen LogP contribution in [-0.4, -0.2) is 0 Å². The first kappa shape index (κ1) is 23.2. The molecule has 2 fully saturated rings. The Labute approximate surface area is 180 Å². The topological polar surface area (TPSA) is 9.23 Å². The Bertz CT molecular complexity index is 664. The molecule has 1 aromatic carbocycles. The summed E-state index contributed by atoms with van der Waals surface area (Å²) in [5, 5.41) is 0. The van der Waals surface area contributed by atoms with Gasteiger partial charge in [-0.2, -0.15) is 13.2 Å². The van der Waals surface area contributed by atoms with Crippen LogP contribution >= 0.6 is 0 Å². The van der Waals surface area contributed by atoms with E-state index in [-0.39, 0.29) is 11.2 Å².